The van der Waals surface area contributed by atoms with Gasteiger partial charge in [-0.25, -0.2) is 9.97 Å². The fourth-order valence-electron chi connectivity index (χ4n) is 2.41. The molecular formula is C15H18ClN3O3. The van der Waals surface area contributed by atoms with E-state index >= 15 is 0 Å². The second-order valence-corrected chi connectivity index (χ2v) is 5.38. The zero-order chi connectivity index (χ0) is 15.4. The summed E-state index contributed by atoms with van der Waals surface area (Å²) < 4.78 is 16.9. The minimum absolute atomic E-state index is 0.187. The number of hydrogen-bond acceptors (Lipinski definition) is 6. The van der Waals surface area contributed by atoms with Crippen molar-refractivity contribution in [1.82, 2.24) is 15.3 Å². The molecule has 1 fully saturated rings. The van der Waals surface area contributed by atoms with Crippen LogP contribution in [0.5, 0.6) is 11.5 Å². The van der Waals surface area contributed by atoms with Gasteiger partial charge in [-0.2, -0.15) is 0 Å². The molecule has 1 aliphatic heterocycles. The third-order valence-corrected chi connectivity index (χ3v) is 3.88. The maximum Gasteiger partial charge on any atom is 0.162 e. The summed E-state index contributed by atoms with van der Waals surface area (Å²) >= 11 is 6.10. The lowest BCUT2D eigenvalue weighted by Gasteiger charge is -2.23. The third-order valence-electron chi connectivity index (χ3n) is 3.57. The quantitative estimate of drug-likeness (QED) is 0.850. The first-order valence-electron chi connectivity index (χ1n) is 7.21. The number of benzene rings is 1. The van der Waals surface area contributed by atoms with Crippen molar-refractivity contribution in [2.45, 2.75) is 12.5 Å². The highest BCUT2D eigenvalue weighted by atomic mass is 35.5. The second-order valence-electron chi connectivity index (χ2n) is 5.02. The molecule has 0 saturated carbocycles. The van der Waals surface area contributed by atoms with E-state index in [1.54, 1.807) is 13.2 Å². The molecule has 2 aromatic rings. The van der Waals surface area contributed by atoms with E-state index in [0.717, 1.165) is 37.0 Å². The summed E-state index contributed by atoms with van der Waals surface area (Å²) in [7, 11) is 1.60. The Labute approximate surface area is 133 Å². The van der Waals surface area contributed by atoms with Gasteiger partial charge in [0.25, 0.3) is 0 Å². The smallest absolute Gasteiger partial charge is 0.162 e. The molecule has 6 nitrogen and oxygen atoms in total. The molecule has 1 aromatic heterocycles. The number of halogens is 1. The van der Waals surface area contributed by atoms with Crippen LogP contribution in [0, 0.1) is 0 Å². The van der Waals surface area contributed by atoms with Crippen LogP contribution < -0.4 is 14.8 Å². The molecule has 7 heteroatoms. The lowest BCUT2D eigenvalue weighted by Crippen LogP contribution is -2.39. The van der Waals surface area contributed by atoms with Gasteiger partial charge in [0.2, 0.25) is 0 Å². The van der Waals surface area contributed by atoms with E-state index in [1.807, 2.05) is 6.07 Å². The van der Waals surface area contributed by atoms with Crippen LogP contribution in [0.1, 0.15) is 6.42 Å². The highest BCUT2D eigenvalue weighted by molar-refractivity contribution is 6.34. The monoisotopic (exact) mass is 323 g/mol. The Morgan fingerprint density at radius 1 is 1.36 bits per heavy atom. The number of rotatable bonds is 5. The van der Waals surface area contributed by atoms with E-state index in [0.29, 0.717) is 23.3 Å². The summed E-state index contributed by atoms with van der Waals surface area (Å²) in [6.07, 6.45) is 2.43. The van der Waals surface area contributed by atoms with Crippen molar-refractivity contribution < 1.29 is 14.2 Å². The number of methoxy groups -OCH3 is 1. The SMILES string of the molecule is COc1cc2ncnc(Cl)c2cc1OCCC1CNCCO1. The molecule has 0 spiro atoms. The number of nitrogens with zero attached hydrogens (tertiary/aromatic N) is 2. The van der Waals surface area contributed by atoms with Gasteiger partial charge >= 0.3 is 0 Å². The number of aromatic nitrogens is 2. The summed E-state index contributed by atoms with van der Waals surface area (Å²) in [5.41, 5.74) is 0.726. The lowest BCUT2D eigenvalue weighted by atomic mass is 10.2. The van der Waals surface area contributed by atoms with Crippen LogP contribution in [0.15, 0.2) is 18.5 Å². The predicted molar refractivity (Wildman–Crippen MR) is 83.8 cm³/mol. The largest absolute Gasteiger partial charge is 0.493 e. The Morgan fingerprint density at radius 3 is 3.05 bits per heavy atom. The normalized spacial score (nSPS) is 18.4. The van der Waals surface area contributed by atoms with Crippen LogP contribution in [0.4, 0.5) is 0 Å². The standard InChI is InChI=1S/C15H18ClN3O3/c1-20-13-7-12-11(15(16)19-9-18-12)6-14(13)22-4-2-10-8-17-3-5-21-10/h6-7,9-10,17H,2-5,8H2,1H3. The van der Waals surface area contributed by atoms with Crippen molar-refractivity contribution >= 4 is 22.5 Å². The molecular weight excluding hydrogens is 306 g/mol. The van der Waals surface area contributed by atoms with Gasteiger partial charge in [0.1, 0.15) is 11.5 Å². The molecule has 118 valence electrons. The van der Waals surface area contributed by atoms with Gasteiger partial charge < -0.3 is 19.5 Å². The molecule has 1 N–H and O–H groups in total. The molecule has 0 radical (unpaired) electrons. The van der Waals surface area contributed by atoms with Crippen molar-refractivity contribution in [2.75, 3.05) is 33.4 Å². The molecule has 1 aliphatic rings. The maximum atomic E-state index is 6.10. The Bertz CT molecular complexity index is 647. The number of morpholine rings is 1. The number of fused-ring (bicyclic) bond motifs is 1. The fourth-order valence-corrected chi connectivity index (χ4v) is 2.61. The summed E-state index contributed by atoms with van der Waals surface area (Å²) in [6, 6.07) is 3.62. The van der Waals surface area contributed by atoms with E-state index in [1.165, 1.54) is 6.33 Å². The van der Waals surface area contributed by atoms with E-state index in [2.05, 4.69) is 15.3 Å². The first kappa shape index (κ1) is 15.3. The molecule has 0 bridgehead atoms. The van der Waals surface area contributed by atoms with Crippen LogP contribution in [0.3, 0.4) is 0 Å². The van der Waals surface area contributed by atoms with Crippen LogP contribution in [-0.4, -0.2) is 49.5 Å². The second kappa shape index (κ2) is 7.09. The van der Waals surface area contributed by atoms with E-state index in [-0.39, 0.29) is 6.10 Å². The topological polar surface area (TPSA) is 65.5 Å². The van der Waals surface area contributed by atoms with Gasteiger partial charge in [-0.1, -0.05) is 11.6 Å². The predicted octanol–water partition coefficient (Wildman–Crippen LogP) is 2.05. The third kappa shape index (κ3) is 3.40. The van der Waals surface area contributed by atoms with Gasteiger partial charge in [-0.3, -0.25) is 0 Å². The Kier molecular flexibility index (Phi) is 4.92. The minimum atomic E-state index is 0.187. The molecule has 1 aromatic carbocycles. The maximum absolute atomic E-state index is 6.10. The Hall–Kier alpha value is -1.63. The van der Waals surface area contributed by atoms with Crippen molar-refractivity contribution in [2.24, 2.45) is 0 Å². The van der Waals surface area contributed by atoms with E-state index in [4.69, 9.17) is 25.8 Å². The molecule has 3 rings (SSSR count). The minimum Gasteiger partial charge on any atom is -0.493 e. The Balaban J connectivity index is 1.72. The molecule has 2 heterocycles. The zero-order valence-electron chi connectivity index (χ0n) is 12.3. The van der Waals surface area contributed by atoms with E-state index in [9.17, 15) is 0 Å². The van der Waals surface area contributed by atoms with Gasteiger partial charge in [0.15, 0.2) is 11.5 Å². The van der Waals surface area contributed by atoms with Gasteiger partial charge in [0.05, 0.1) is 31.9 Å². The van der Waals surface area contributed by atoms with Crippen LogP contribution in [-0.2, 0) is 4.74 Å². The fraction of sp³-hybridized carbons (Fsp3) is 0.467. The molecule has 1 unspecified atom stereocenters. The van der Waals surface area contributed by atoms with Crippen LogP contribution >= 0.6 is 11.6 Å². The van der Waals surface area contributed by atoms with Crippen molar-refractivity contribution in [3.8, 4) is 11.5 Å². The molecule has 0 aliphatic carbocycles. The van der Waals surface area contributed by atoms with Gasteiger partial charge in [0, 0.05) is 31.0 Å². The summed E-state index contributed by atoms with van der Waals surface area (Å²) in [4.78, 5) is 8.17. The van der Waals surface area contributed by atoms with Gasteiger partial charge in [-0.15, -0.1) is 0 Å². The van der Waals surface area contributed by atoms with Crippen molar-refractivity contribution in [3.05, 3.63) is 23.6 Å². The first-order valence-corrected chi connectivity index (χ1v) is 7.59. The molecule has 0 amide bonds. The molecule has 1 atom stereocenters. The summed E-state index contributed by atoms with van der Waals surface area (Å²) in [6.45, 7) is 3.06. The van der Waals surface area contributed by atoms with Gasteiger partial charge in [-0.05, 0) is 6.07 Å². The molecule has 1 saturated heterocycles. The lowest BCUT2D eigenvalue weighted by molar-refractivity contribution is 0.0157. The zero-order valence-corrected chi connectivity index (χ0v) is 13.1. The first-order chi connectivity index (χ1) is 10.8. The van der Waals surface area contributed by atoms with Crippen LogP contribution in [0.2, 0.25) is 5.15 Å². The highest BCUT2D eigenvalue weighted by Gasteiger charge is 2.15. The number of nitrogens with one attached hydrogen (secondary N) is 1. The van der Waals surface area contributed by atoms with Crippen molar-refractivity contribution in [1.29, 1.82) is 0 Å². The number of hydrogen-bond donors (Lipinski definition) is 1. The average molecular weight is 324 g/mol. The molecule has 22 heavy (non-hydrogen) atoms. The van der Waals surface area contributed by atoms with E-state index < -0.39 is 0 Å². The van der Waals surface area contributed by atoms with Crippen molar-refractivity contribution in [3.63, 3.8) is 0 Å². The Morgan fingerprint density at radius 2 is 2.27 bits per heavy atom. The highest BCUT2D eigenvalue weighted by Crippen LogP contribution is 2.33. The van der Waals surface area contributed by atoms with Crippen LogP contribution in [0.25, 0.3) is 10.9 Å². The summed E-state index contributed by atoms with van der Waals surface area (Å²) in [5, 5.41) is 4.44. The summed E-state index contributed by atoms with van der Waals surface area (Å²) in [5.74, 6) is 1.26. The number of ether oxygens (including phenoxy) is 3. The average Bonchev–Trinajstić information content (AvgIpc) is 2.56.